The van der Waals surface area contributed by atoms with E-state index in [2.05, 4.69) is 22.9 Å². The molecule has 3 N–H and O–H groups in total. The molecule has 0 saturated carbocycles. The van der Waals surface area contributed by atoms with Crippen molar-refractivity contribution in [2.45, 2.75) is 19.8 Å². The first-order valence-corrected chi connectivity index (χ1v) is 6.13. The number of urea groups is 1. The lowest BCUT2D eigenvalue weighted by Crippen LogP contribution is -2.38. The summed E-state index contributed by atoms with van der Waals surface area (Å²) < 4.78 is 0. The Morgan fingerprint density at radius 1 is 1.06 bits per heavy atom. The van der Waals surface area contributed by atoms with Crippen molar-refractivity contribution in [2.24, 2.45) is 0 Å². The maximum atomic E-state index is 11.3. The Kier molecular flexibility index (Phi) is 6.63. The molecule has 0 spiro atoms. The van der Waals surface area contributed by atoms with Crippen molar-refractivity contribution < 1.29 is 4.79 Å². The molecule has 1 rings (SSSR count). The highest BCUT2D eigenvalue weighted by Gasteiger charge is 1.97. The largest absolute Gasteiger partial charge is 0.383 e. The third-order valence-corrected chi connectivity index (χ3v) is 2.33. The van der Waals surface area contributed by atoms with E-state index in [1.54, 1.807) is 0 Å². The first kappa shape index (κ1) is 13.4. The number of unbranched alkanes of at least 4 members (excludes halogenated alkanes) is 1. The number of nitrogens with one attached hydrogen (secondary N) is 3. The van der Waals surface area contributed by atoms with Gasteiger partial charge in [-0.3, -0.25) is 0 Å². The molecule has 0 saturated heterocycles. The van der Waals surface area contributed by atoms with Crippen molar-refractivity contribution in [3.8, 4) is 0 Å². The minimum atomic E-state index is -0.0895. The van der Waals surface area contributed by atoms with Crippen molar-refractivity contribution in [1.29, 1.82) is 0 Å². The second kappa shape index (κ2) is 8.44. The Balaban J connectivity index is 2.02. The third kappa shape index (κ3) is 6.45. The zero-order valence-corrected chi connectivity index (χ0v) is 10.3. The molecule has 17 heavy (non-hydrogen) atoms. The second-order valence-corrected chi connectivity index (χ2v) is 3.83. The van der Waals surface area contributed by atoms with E-state index < -0.39 is 0 Å². The quantitative estimate of drug-likeness (QED) is 0.635. The summed E-state index contributed by atoms with van der Waals surface area (Å²) in [6, 6.07) is 9.85. The van der Waals surface area contributed by atoms with Crippen LogP contribution in [0.25, 0.3) is 0 Å². The molecule has 0 aliphatic rings. The summed E-state index contributed by atoms with van der Waals surface area (Å²) in [6.07, 6.45) is 2.12. The van der Waals surface area contributed by atoms with Crippen molar-refractivity contribution in [3.05, 3.63) is 30.3 Å². The molecule has 0 radical (unpaired) electrons. The van der Waals surface area contributed by atoms with Crippen LogP contribution in [0, 0.1) is 0 Å². The van der Waals surface area contributed by atoms with Crippen LogP contribution >= 0.6 is 0 Å². The van der Waals surface area contributed by atoms with E-state index in [0.717, 1.165) is 31.6 Å². The van der Waals surface area contributed by atoms with Gasteiger partial charge in [0.15, 0.2) is 0 Å². The van der Waals surface area contributed by atoms with Crippen LogP contribution in [-0.4, -0.2) is 25.7 Å². The van der Waals surface area contributed by atoms with E-state index in [1.165, 1.54) is 0 Å². The molecule has 0 heterocycles. The number of hydrogen-bond acceptors (Lipinski definition) is 2. The fourth-order valence-corrected chi connectivity index (χ4v) is 1.38. The van der Waals surface area contributed by atoms with E-state index in [0.29, 0.717) is 6.54 Å². The lowest BCUT2D eigenvalue weighted by molar-refractivity contribution is 0.241. The number of carbonyl (C=O) groups is 1. The summed E-state index contributed by atoms with van der Waals surface area (Å²) in [7, 11) is 0. The van der Waals surface area contributed by atoms with Gasteiger partial charge in [0.2, 0.25) is 0 Å². The van der Waals surface area contributed by atoms with Crippen LogP contribution in [0.4, 0.5) is 10.5 Å². The molecule has 2 amide bonds. The number of para-hydroxylation sites is 1. The van der Waals surface area contributed by atoms with E-state index in [1.807, 2.05) is 30.3 Å². The molecule has 4 heteroatoms. The zero-order chi connectivity index (χ0) is 12.3. The molecule has 1 aromatic rings. The van der Waals surface area contributed by atoms with Gasteiger partial charge in [-0.1, -0.05) is 31.5 Å². The summed E-state index contributed by atoms with van der Waals surface area (Å²) in [6.45, 7) is 4.19. The highest BCUT2D eigenvalue weighted by Crippen LogP contribution is 2.03. The van der Waals surface area contributed by atoms with Gasteiger partial charge in [-0.25, -0.2) is 4.79 Å². The molecule has 4 nitrogen and oxygen atoms in total. The van der Waals surface area contributed by atoms with Crippen molar-refractivity contribution >= 4 is 11.7 Å². The molecular weight excluding hydrogens is 214 g/mol. The Morgan fingerprint density at radius 2 is 1.76 bits per heavy atom. The van der Waals surface area contributed by atoms with Gasteiger partial charge in [-0.2, -0.15) is 0 Å². The first-order valence-electron chi connectivity index (χ1n) is 6.13. The highest BCUT2D eigenvalue weighted by molar-refractivity contribution is 5.73. The number of carbonyl (C=O) groups excluding carboxylic acids is 1. The predicted molar refractivity (Wildman–Crippen MR) is 71.2 cm³/mol. The number of benzene rings is 1. The zero-order valence-electron chi connectivity index (χ0n) is 10.3. The molecular formula is C13H21N3O. The minimum Gasteiger partial charge on any atom is -0.383 e. The second-order valence-electron chi connectivity index (χ2n) is 3.83. The van der Waals surface area contributed by atoms with Crippen LogP contribution in [0.15, 0.2) is 30.3 Å². The van der Waals surface area contributed by atoms with E-state index in [4.69, 9.17) is 0 Å². The van der Waals surface area contributed by atoms with Crippen LogP contribution in [0.2, 0.25) is 0 Å². The van der Waals surface area contributed by atoms with Gasteiger partial charge in [-0.05, 0) is 18.6 Å². The standard InChI is InChI=1S/C13H21N3O/c1-2-3-9-15-13(17)16-11-10-14-12-7-5-4-6-8-12/h4-8,14H,2-3,9-11H2,1H3,(H2,15,16,17). The topological polar surface area (TPSA) is 53.2 Å². The average Bonchev–Trinajstić information content (AvgIpc) is 2.36. The van der Waals surface area contributed by atoms with Gasteiger partial charge in [0.05, 0.1) is 0 Å². The van der Waals surface area contributed by atoms with Crippen molar-refractivity contribution in [1.82, 2.24) is 10.6 Å². The SMILES string of the molecule is CCCCNC(=O)NCCNc1ccccc1. The Labute approximate surface area is 103 Å². The summed E-state index contributed by atoms with van der Waals surface area (Å²) in [4.78, 5) is 11.3. The van der Waals surface area contributed by atoms with Crippen LogP contribution in [0.5, 0.6) is 0 Å². The van der Waals surface area contributed by atoms with Crippen LogP contribution < -0.4 is 16.0 Å². The monoisotopic (exact) mass is 235 g/mol. The van der Waals surface area contributed by atoms with Gasteiger partial charge in [0.25, 0.3) is 0 Å². The molecule has 0 aliphatic heterocycles. The van der Waals surface area contributed by atoms with Crippen molar-refractivity contribution in [2.75, 3.05) is 25.0 Å². The number of rotatable bonds is 7. The first-order chi connectivity index (χ1) is 8.33. The normalized spacial score (nSPS) is 9.71. The van der Waals surface area contributed by atoms with Gasteiger partial charge >= 0.3 is 6.03 Å². The summed E-state index contributed by atoms with van der Waals surface area (Å²) in [5.41, 5.74) is 1.07. The Bertz CT molecular complexity index is 314. The van der Waals surface area contributed by atoms with Gasteiger partial charge in [-0.15, -0.1) is 0 Å². The van der Waals surface area contributed by atoms with Crippen LogP contribution in [-0.2, 0) is 0 Å². The molecule has 0 aromatic heterocycles. The fourth-order valence-electron chi connectivity index (χ4n) is 1.38. The highest BCUT2D eigenvalue weighted by atomic mass is 16.2. The summed E-state index contributed by atoms with van der Waals surface area (Å²) >= 11 is 0. The Hall–Kier alpha value is -1.71. The Morgan fingerprint density at radius 3 is 2.47 bits per heavy atom. The molecule has 94 valence electrons. The smallest absolute Gasteiger partial charge is 0.314 e. The maximum Gasteiger partial charge on any atom is 0.314 e. The lowest BCUT2D eigenvalue weighted by atomic mass is 10.3. The molecule has 0 unspecified atom stereocenters. The van der Waals surface area contributed by atoms with Crippen LogP contribution in [0.1, 0.15) is 19.8 Å². The summed E-state index contributed by atoms with van der Waals surface area (Å²) in [5.74, 6) is 0. The van der Waals surface area contributed by atoms with Gasteiger partial charge in [0, 0.05) is 25.3 Å². The van der Waals surface area contributed by atoms with E-state index in [-0.39, 0.29) is 6.03 Å². The molecule has 1 aromatic carbocycles. The predicted octanol–water partition coefficient (Wildman–Crippen LogP) is 2.20. The number of amides is 2. The molecule has 0 atom stereocenters. The minimum absolute atomic E-state index is 0.0895. The summed E-state index contributed by atoms with van der Waals surface area (Å²) in [5, 5.41) is 8.83. The van der Waals surface area contributed by atoms with Gasteiger partial charge < -0.3 is 16.0 Å². The average molecular weight is 235 g/mol. The van der Waals surface area contributed by atoms with E-state index in [9.17, 15) is 4.79 Å². The molecule has 0 aliphatic carbocycles. The number of anilines is 1. The van der Waals surface area contributed by atoms with Crippen LogP contribution in [0.3, 0.4) is 0 Å². The van der Waals surface area contributed by atoms with E-state index >= 15 is 0 Å². The fraction of sp³-hybridized carbons (Fsp3) is 0.462. The molecule has 0 bridgehead atoms. The molecule has 0 fully saturated rings. The van der Waals surface area contributed by atoms with Crippen molar-refractivity contribution in [3.63, 3.8) is 0 Å². The number of hydrogen-bond donors (Lipinski definition) is 3. The lowest BCUT2D eigenvalue weighted by Gasteiger charge is -2.08. The van der Waals surface area contributed by atoms with Gasteiger partial charge in [0.1, 0.15) is 0 Å². The third-order valence-electron chi connectivity index (χ3n) is 2.33. The maximum absolute atomic E-state index is 11.3.